The molecule has 122 valence electrons. The van der Waals surface area contributed by atoms with Crippen LogP contribution < -0.4 is 16.0 Å². The molecule has 1 saturated heterocycles. The SMILES string of the molecule is COC(=O)Cn1cc(-c2c(N)ncnc2N2CCNCC2)cn1. The molecule has 2 aromatic heterocycles. The van der Waals surface area contributed by atoms with Crippen LogP contribution in [0.3, 0.4) is 0 Å². The topological polar surface area (TPSA) is 111 Å². The molecule has 23 heavy (non-hydrogen) atoms. The van der Waals surface area contributed by atoms with E-state index in [1.54, 1.807) is 12.4 Å². The molecule has 0 unspecified atom stereocenters. The number of esters is 1. The Bertz CT molecular complexity index is 694. The van der Waals surface area contributed by atoms with E-state index >= 15 is 0 Å². The van der Waals surface area contributed by atoms with Gasteiger partial charge in [-0.15, -0.1) is 0 Å². The highest BCUT2D eigenvalue weighted by Gasteiger charge is 2.20. The zero-order valence-corrected chi connectivity index (χ0v) is 12.9. The monoisotopic (exact) mass is 317 g/mol. The van der Waals surface area contributed by atoms with E-state index in [9.17, 15) is 4.79 Å². The molecule has 0 saturated carbocycles. The highest BCUT2D eigenvalue weighted by molar-refractivity contribution is 5.83. The van der Waals surface area contributed by atoms with E-state index in [4.69, 9.17) is 5.73 Å². The van der Waals surface area contributed by atoms with E-state index in [0.29, 0.717) is 5.82 Å². The quantitative estimate of drug-likeness (QED) is 0.726. The number of hydrogen-bond donors (Lipinski definition) is 2. The maximum Gasteiger partial charge on any atom is 0.327 e. The lowest BCUT2D eigenvalue weighted by atomic mass is 10.1. The van der Waals surface area contributed by atoms with E-state index in [2.05, 4.69) is 30.0 Å². The number of hydrogen-bond acceptors (Lipinski definition) is 8. The zero-order chi connectivity index (χ0) is 16.2. The van der Waals surface area contributed by atoms with Crippen LogP contribution in [0.25, 0.3) is 11.1 Å². The van der Waals surface area contributed by atoms with Crippen molar-refractivity contribution in [2.45, 2.75) is 6.54 Å². The number of piperazine rings is 1. The van der Waals surface area contributed by atoms with Crippen molar-refractivity contribution < 1.29 is 9.53 Å². The lowest BCUT2D eigenvalue weighted by Gasteiger charge is -2.29. The van der Waals surface area contributed by atoms with E-state index in [0.717, 1.165) is 43.1 Å². The van der Waals surface area contributed by atoms with Gasteiger partial charge in [0.1, 0.15) is 24.5 Å². The van der Waals surface area contributed by atoms with Gasteiger partial charge < -0.3 is 20.7 Å². The van der Waals surface area contributed by atoms with Crippen molar-refractivity contribution in [1.82, 2.24) is 25.1 Å². The number of nitrogen functional groups attached to an aromatic ring is 1. The van der Waals surface area contributed by atoms with E-state index in [1.165, 1.54) is 18.1 Å². The number of nitrogens with zero attached hydrogens (tertiary/aromatic N) is 5. The summed E-state index contributed by atoms with van der Waals surface area (Å²) in [6, 6.07) is 0. The summed E-state index contributed by atoms with van der Waals surface area (Å²) in [5.74, 6) is 0.821. The number of ether oxygens (including phenoxy) is 1. The first-order valence-electron chi connectivity index (χ1n) is 7.35. The van der Waals surface area contributed by atoms with Gasteiger partial charge in [0.15, 0.2) is 0 Å². The number of carbonyl (C=O) groups is 1. The molecule has 3 N–H and O–H groups in total. The van der Waals surface area contributed by atoms with Crippen LogP contribution in [0.4, 0.5) is 11.6 Å². The third-order valence-electron chi connectivity index (χ3n) is 3.71. The first-order chi connectivity index (χ1) is 11.2. The van der Waals surface area contributed by atoms with Crippen molar-refractivity contribution in [2.75, 3.05) is 43.9 Å². The van der Waals surface area contributed by atoms with Crippen molar-refractivity contribution in [3.05, 3.63) is 18.7 Å². The van der Waals surface area contributed by atoms with Gasteiger partial charge in [0, 0.05) is 37.9 Å². The van der Waals surface area contributed by atoms with Gasteiger partial charge in [-0.2, -0.15) is 5.10 Å². The minimum Gasteiger partial charge on any atom is -0.468 e. The summed E-state index contributed by atoms with van der Waals surface area (Å²) in [4.78, 5) is 22.0. The fraction of sp³-hybridized carbons (Fsp3) is 0.429. The number of nitrogens with two attached hydrogens (primary N) is 1. The van der Waals surface area contributed by atoms with Gasteiger partial charge in [-0.1, -0.05) is 0 Å². The first kappa shape index (κ1) is 15.2. The van der Waals surface area contributed by atoms with Crippen molar-refractivity contribution >= 4 is 17.6 Å². The minimum atomic E-state index is -0.362. The lowest BCUT2D eigenvalue weighted by molar-refractivity contribution is -0.141. The molecule has 1 fully saturated rings. The summed E-state index contributed by atoms with van der Waals surface area (Å²) < 4.78 is 6.16. The number of nitrogens with one attached hydrogen (secondary N) is 1. The molecule has 0 amide bonds. The van der Waals surface area contributed by atoms with Crippen molar-refractivity contribution in [1.29, 1.82) is 0 Å². The molecule has 3 heterocycles. The van der Waals surface area contributed by atoms with Crippen LogP contribution in [-0.4, -0.2) is 59.0 Å². The third kappa shape index (κ3) is 3.24. The Hall–Kier alpha value is -2.68. The minimum absolute atomic E-state index is 0.0487. The predicted molar refractivity (Wildman–Crippen MR) is 84.8 cm³/mol. The van der Waals surface area contributed by atoms with Crippen molar-refractivity contribution in [3.63, 3.8) is 0 Å². The smallest absolute Gasteiger partial charge is 0.327 e. The van der Waals surface area contributed by atoms with Crippen LogP contribution in [0.2, 0.25) is 0 Å². The zero-order valence-electron chi connectivity index (χ0n) is 12.9. The van der Waals surface area contributed by atoms with Gasteiger partial charge in [0.2, 0.25) is 0 Å². The summed E-state index contributed by atoms with van der Waals surface area (Å²) in [5.41, 5.74) is 7.59. The number of aromatic nitrogens is 4. The van der Waals surface area contributed by atoms with Gasteiger partial charge >= 0.3 is 5.97 Å². The first-order valence-corrected chi connectivity index (χ1v) is 7.35. The molecule has 9 nitrogen and oxygen atoms in total. The Morgan fingerprint density at radius 2 is 2.17 bits per heavy atom. The Morgan fingerprint density at radius 1 is 1.39 bits per heavy atom. The number of anilines is 2. The highest BCUT2D eigenvalue weighted by Crippen LogP contribution is 2.32. The summed E-state index contributed by atoms with van der Waals surface area (Å²) in [6.07, 6.45) is 4.87. The Labute approximate surface area is 133 Å². The Balaban J connectivity index is 1.94. The predicted octanol–water partition coefficient (Wildman–Crippen LogP) is -0.495. The van der Waals surface area contributed by atoms with Crippen molar-refractivity contribution in [2.24, 2.45) is 0 Å². The fourth-order valence-electron chi connectivity index (χ4n) is 2.56. The highest BCUT2D eigenvalue weighted by atomic mass is 16.5. The van der Waals surface area contributed by atoms with E-state index in [-0.39, 0.29) is 12.5 Å². The molecule has 0 bridgehead atoms. The molecule has 0 aromatic carbocycles. The number of methoxy groups -OCH3 is 1. The second-order valence-corrected chi connectivity index (χ2v) is 5.20. The molecule has 0 aliphatic carbocycles. The van der Waals surface area contributed by atoms with E-state index in [1.807, 2.05) is 0 Å². The van der Waals surface area contributed by atoms with Crippen LogP contribution >= 0.6 is 0 Å². The van der Waals surface area contributed by atoms with Gasteiger partial charge in [-0.05, 0) is 0 Å². The van der Waals surface area contributed by atoms with E-state index < -0.39 is 0 Å². The second kappa shape index (κ2) is 6.61. The molecule has 1 aliphatic heterocycles. The molecule has 0 radical (unpaired) electrons. The largest absolute Gasteiger partial charge is 0.468 e. The average Bonchev–Trinajstić information content (AvgIpc) is 3.03. The van der Waals surface area contributed by atoms with Gasteiger partial charge in [-0.25, -0.2) is 9.97 Å². The molecule has 1 aliphatic rings. The number of rotatable bonds is 4. The van der Waals surface area contributed by atoms with Crippen LogP contribution in [0.1, 0.15) is 0 Å². The Morgan fingerprint density at radius 3 is 2.91 bits per heavy atom. The summed E-state index contributed by atoms with van der Waals surface area (Å²) in [7, 11) is 1.35. The van der Waals surface area contributed by atoms with Gasteiger partial charge in [-0.3, -0.25) is 9.48 Å². The van der Waals surface area contributed by atoms with Gasteiger partial charge in [0.05, 0.1) is 18.9 Å². The van der Waals surface area contributed by atoms with Gasteiger partial charge in [0.25, 0.3) is 0 Å². The number of carbonyl (C=O) groups excluding carboxylic acids is 1. The molecule has 3 rings (SSSR count). The maximum atomic E-state index is 11.4. The molecule has 0 spiro atoms. The molecule has 9 heteroatoms. The summed E-state index contributed by atoms with van der Waals surface area (Å²) in [5, 5.41) is 7.49. The molecular formula is C14H19N7O2. The standard InChI is InChI=1S/C14H19N7O2/c1-23-11(22)8-21-7-10(6-19-21)12-13(15)17-9-18-14(12)20-4-2-16-3-5-20/h6-7,9,16H,2-5,8H2,1H3,(H2,15,17,18). The maximum absolute atomic E-state index is 11.4. The fourth-order valence-corrected chi connectivity index (χ4v) is 2.56. The summed E-state index contributed by atoms with van der Waals surface area (Å²) >= 11 is 0. The molecule has 0 atom stereocenters. The van der Waals surface area contributed by atoms with Crippen molar-refractivity contribution in [3.8, 4) is 11.1 Å². The van der Waals surface area contributed by atoms with Crippen LogP contribution in [0.5, 0.6) is 0 Å². The summed E-state index contributed by atoms with van der Waals surface area (Å²) in [6.45, 7) is 3.53. The lowest BCUT2D eigenvalue weighted by Crippen LogP contribution is -2.44. The second-order valence-electron chi connectivity index (χ2n) is 5.20. The molecular weight excluding hydrogens is 298 g/mol. The average molecular weight is 317 g/mol. The van der Waals surface area contributed by atoms with Crippen LogP contribution in [0, 0.1) is 0 Å². The normalized spacial score (nSPS) is 14.7. The molecule has 2 aromatic rings. The Kier molecular flexibility index (Phi) is 4.38. The third-order valence-corrected chi connectivity index (χ3v) is 3.71. The van der Waals surface area contributed by atoms with Crippen LogP contribution in [0.15, 0.2) is 18.7 Å². The van der Waals surface area contributed by atoms with Crippen LogP contribution in [-0.2, 0) is 16.1 Å².